The van der Waals surface area contributed by atoms with Crippen molar-refractivity contribution in [2.75, 3.05) is 4.90 Å². The summed E-state index contributed by atoms with van der Waals surface area (Å²) in [6, 6.07) is 80.8. The Kier molecular flexibility index (Phi) is 8.19. The zero-order chi connectivity index (χ0) is 38.4. The lowest BCUT2D eigenvalue weighted by Gasteiger charge is -2.29. The highest BCUT2D eigenvalue weighted by Crippen LogP contribution is 2.46. The second kappa shape index (κ2) is 14.1. The van der Waals surface area contributed by atoms with E-state index in [1.807, 2.05) is 12.1 Å². The first kappa shape index (κ1) is 33.6. The molecule has 0 aliphatic carbocycles. The molecule has 58 heavy (non-hydrogen) atoms. The normalized spacial score (nSPS) is 11.4. The van der Waals surface area contributed by atoms with Crippen molar-refractivity contribution in [3.8, 4) is 44.5 Å². The molecule has 11 aromatic rings. The van der Waals surface area contributed by atoms with E-state index in [0.29, 0.717) is 0 Å². The van der Waals surface area contributed by atoms with Crippen molar-refractivity contribution in [2.45, 2.75) is 0 Å². The Hall–Kier alpha value is -7.68. The smallest absolute Gasteiger partial charge is 0.136 e. The van der Waals surface area contributed by atoms with Gasteiger partial charge in [-0.1, -0.05) is 176 Å². The number of hydrogen-bond donors (Lipinski definition) is 0. The fourth-order valence-corrected chi connectivity index (χ4v) is 8.72. The van der Waals surface area contributed by atoms with Crippen molar-refractivity contribution in [2.24, 2.45) is 0 Å². The molecule has 0 atom stereocenters. The van der Waals surface area contributed by atoms with Crippen LogP contribution in [0.5, 0.6) is 0 Å². The summed E-state index contributed by atoms with van der Waals surface area (Å²) in [6.45, 7) is 0. The van der Waals surface area contributed by atoms with Crippen LogP contribution in [0.4, 0.5) is 17.1 Å². The Morgan fingerprint density at radius 2 is 0.931 bits per heavy atom. The third-order valence-corrected chi connectivity index (χ3v) is 11.5. The van der Waals surface area contributed by atoms with Gasteiger partial charge in [0.1, 0.15) is 11.2 Å². The molecule has 11 rings (SSSR count). The van der Waals surface area contributed by atoms with Crippen LogP contribution >= 0.6 is 0 Å². The van der Waals surface area contributed by atoms with Crippen LogP contribution in [-0.2, 0) is 0 Å². The summed E-state index contributed by atoms with van der Waals surface area (Å²) in [5.74, 6) is 0. The molecule has 0 aliphatic rings. The van der Waals surface area contributed by atoms with Crippen molar-refractivity contribution >= 4 is 60.5 Å². The van der Waals surface area contributed by atoms with Gasteiger partial charge in [-0.3, -0.25) is 0 Å². The van der Waals surface area contributed by atoms with Gasteiger partial charge in [0.05, 0.1) is 5.69 Å². The van der Waals surface area contributed by atoms with E-state index in [1.165, 1.54) is 60.5 Å². The van der Waals surface area contributed by atoms with Gasteiger partial charge >= 0.3 is 0 Å². The monoisotopic (exact) mass is 739 g/mol. The average molecular weight is 740 g/mol. The van der Waals surface area contributed by atoms with Gasteiger partial charge in [-0.2, -0.15) is 0 Å². The van der Waals surface area contributed by atoms with Crippen LogP contribution in [0, 0.1) is 0 Å². The van der Waals surface area contributed by atoms with Crippen LogP contribution in [0.15, 0.2) is 229 Å². The molecule has 1 heterocycles. The van der Waals surface area contributed by atoms with Crippen LogP contribution in [0.3, 0.4) is 0 Å². The molecule has 0 spiro atoms. The van der Waals surface area contributed by atoms with E-state index in [2.05, 4.69) is 217 Å². The molecule has 2 nitrogen and oxygen atoms in total. The third-order valence-electron chi connectivity index (χ3n) is 11.5. The number of para-hydroxylation sites is 2. The lowest BCUT2D eigenvalue weighted by molar-refractivity contribution is 0.669. The standard InChI is InChI=1S/C56H37NO/c1-3-14-38(15-4-1)39-26-30-44(31-27-39)57(53-24-11-9-21-50(53)49-23-13-19-40-18-7-8-20-46(40)49)45-32-34-47(52(37-45)41-16-5-2-6-17-41)42-28-33-48-43(36-42)29-35-55-56(48)51-22-10-12-25-54(51)58-55/h1-37H. The summed E-state index contributed by atoms with van der Waals surface area (Å²) < 4.78 is 6.24. The Bertz CT molecular complexity index is 3270. The first-order valence-electron chi connectivity index (χ1n) is 19.8. The van der Waals surface area contributed by atoms with Gasteiger partial charge in [0.15, 0.2) is 0 Å². The van der Waals surface area contributed by atoms with Crippen LogP contribution in [0.25, 0.3) is 88.0 Å². The maximum absolute atomic E-state index is 6.24. The lowest BCUT2D eigenvalue weighted by atomic mass is 9.91. The van der Waals surface area contributed by atoms with Gasteiger partial charge in [-0.25, -0.2) is 0 Å². The molecule has 1 aromatic heterocycles. The van der Waals surface area contributed by atoms with Gasteiger partial charge in [-0.15, -0.1) is 0 Å². The van der Waals surface area contributed by atoms with Gasteiger partial charge in [0.2, 0.25) is 0 Å². The van der Waals surface area contributed by atoms with E-state index < -0.39 is 0 Å². The molecule has 0 bridgehead atoms. The van der Waals surface area contributed by atoms with Gasteiger partial charge < -0.3 is 9.32 Å². The van der Waals surface area contributed by atoms with E-state index in [0.717, 1.165) is 44.6 Å². The Morgan fingerprint density at radius 3 is 1.78 bits per heavy atom. The van der Waals surface area contributed by atoms with Crippen molar-refractivity contribution in [1.29, 1.82) is 0 Å². The van der Waals surface area contributed by atoms with E-state index in [9.17, 15) is 0 Å². The summed E-state index contributed by atoms with van der Waals surface area (Å²) in [4.78, 5) is 2.42. The highest BCUT2D eigenvalue weighted by Gasteiger charge is 2.21. The Balaban J connectivity index is 1.11. The summed E-state index contributed by atoms with van der Waals surface area (Å²) in [7, 11) is 0. The summed E-state index contributed by atoms with van der Waals surface area (Å²) >= 11 is 0. The molecule has 272 valence electrons. The zero-order valence-corrected chi connectivity index (χ0v) is 31.7. The zero-order valence-electron chi connectivity index (χ0n) is 31.7. The Morgan fingerprint density at radius 1 is 0.293 bits per heavy atom. The minimum atomic E-state index is 0.913. The lowest BCUT2D eigenvalue weighted by Crippen LogP contribution is -2.11. The second-order valence-corrected chi connectivity index (χ2v) is 14.9. The maximum Gasteiger partial charge on any atom is 0.136 e. The number of benzene rings is 10. The molecule has 10 aromatic carbocycles. The molecule has 2 heteroatoms. The van der Waals surface area contributed by atoms with Gasteiger partial charge in [0, 0.05) is 27.7 Å². The number of rotatable bonds is 7. The predicted octanol–water partition coefficient (Wildman–Crippen LogP) is 16.0. The van der Waals surface area contributed by atoms with Gasteiger partial charge in [-0.05, 0) is 109 Å². The molecule has 0 unspecified atom stereocenters. The second-order valence-electron chi connectivity index (χ2n) is 14.9. The quantitative estimate of drug-likeness (QED) is 0.162. The predicted molar refractivity (Wildman–Crippen MR) is 245 cm³/mol. The first-order chi connectivity index (χ1) is 28.8. The molecule has 0 fully saturated rings. The van der Waals surface area contributed by atoms with E-state index in [4.69, 9.17) is 4.42 Å². The van der Waals surface area contributed by atoms with Gasteiger partial charge in [0.25, 0.3) is 0 Å². The Labute approximate surface area is 337 Å². The number of hydrogen-bond acceptors (Lipinski definition) is 2. The third kappa shape index (κ3) is 5.82. The molecule has 0 N–H and O–H groups in total. The summed E-state index contributed by atoms with van der Waals surface area (Å²) in [6.07, 6.45) is 0. The first-order valence-corrected chi connectivity index (χ1v) is 19.8. The molecule has 0 saturated heterocycles. The SMILES string of the molecule is c1ccc(-c2ccc(N(c3ccc(-c4ccc5c(ccc6oc7ccccc7c65)c4)c(-c4ccccc4)c3)c3ccccc3-c3cccc4ccccc34)cc2)cc1. The van der Waals surface area contributed by atoms with E-state index >= 15 is 0 Å². The number of fused-ring (bicyclic) bond motifs is 6. The van der Waals surface area contributed by atoms with E-state index in [1.54, 1.807) is 0 Å². The van der Waals surface area contributed by atoms with Crippen LogP contribution in [0.2, 0.25) is 0 Å². The van der Waals surface area contributed by atoms with Crippen molar-refractivity contribution in [1.82, 2.24) is 0 Å². The van der Waals surface area contributed by atoms with Crippen LogP contribution in [0.1, 0.15) is 0 Å². The minimum Gasteiger partial charge on any atom is -0.456 e. The van der Waals surface area contributed by atoms with Crippen molar-refractivity contribution < 1.29 is 4.42 Å². The number of furan rings is 1. The molecule has 0 radical (unpaired) electrons. The molecular weight excluding hydrogens is 703 g/mol. The largest absolute Gasteiger partial charge is 0.456 e. The summed E-state index contributed by atoms with van der Waals surface area (Å²) in [5.41, 5.74) is 14.5. The molecule has 0 amide bonds. The highest BCUT2D eigenvalue weighted by atomic mass is 16.3. The number of nitrogens with zero attached hydrogens (tertiary/aromatic N) is 1. The fraction of sp³-hybridized carbons (Fsp3) is 0. The molecule has 0 aliphatic heterocycles. The highest BCUT2D eigenvalue weighted by molar-refractivity contribution is 6.19. The minimum absolute atomic E-state index is 0.913. The molecular formula is C56H37NO. The van der Waals surface area contributed by atoms with E-state index in [-0.39, 0.29) is 0 Å². The van der Waals surface area contributed by atoms with Crippen LogP contribution in [-0.4, -0.2) is 0 Å². The number of anilines is 3. The van der Waals surface area contributed by atoms with Crippen molar-refractivity contribution in [3.05, 3.63) is 224 Å². The topological polar surface area (TPSA) is 16.4 Å². The fourth-order valence-electron chi connectivity index (χ4n) is 8.72. The maximum atomic E-state index is 6.24. The average Bonchev–Trinajstić information content (AvgIpc) is 3.69. The van der Waals surface area contributed by atoms with Crippen LogP contribution < -0.4 is 4.90 Å². The van der Waals surface area contributed by atoms with Crippen molar-refractivity contribution in [3.63, 3.8) is 0 Å². The molecule has 0 saturated carbocycles. The summed E-state index contributed by atoms with van der Waals surface area (Å²) in [5, 5.41) is 7.14.